The highest BCUT2D eigenvalue weighted by molar-refractivity contribution is 5.09. The number of hydrogen-bond acceptors (Lipinski definition) is 3. The van der Waals surface area contributed by atoms with Gasteiger partial charge in [-0.1, -0.05) is 20.3 Å². The Kier molecular flexibility index (Phi) is 5.61. The minimum Gasteiger partial charge on any atom is -0.311 e. The Morgan fingerprint density at radius 1 is 1.35 bits per heavy atom. The monoisotopic (exact) mass is 278 g/mol. The second-order valence-electron chi connectivity index (χ2n) is 5.98. The maximum absolute atomic E-state index is 4.58. The van der Waals surface area contributed by atoms with Gasteiger partial charge in [0.1, 0.15) is 0 Å². The van der Waals surface area contributed by atoms with E-state index in [0.717, 1.165) is 25.3 Å². The first-order valence-corrected chi connectivity index (χ1v) is 8.18. The van der Waals surface area contributed by atoms with Gasteiger partial charge < -0.3 is 5.32 Å². The van der Waals surface area contributed by atoms with E-state index in [-0.39, 0.29) is 0 Å². The second-order valence-corrected chi connectivity index (χ2v) is 5.98. The lowest BCUT2D eigenvalue weighted by molar-refractivity contribution is 0.112. The minimum atomic E-state index is 0.655. The van der Waals surface area contributed by atoms with Gasteiger partial charge in [0.05, 0.1) is 11.4 Å². The molecule has 0 aromatic carbocycles. The van der Waals surface area contributed by atoms with Crippen LogP contribution in [-0.2, 0) is 13.1 Å². The second kappa shape index (κ2) is 7.23. The highest BCUT2D eigenvalue weighted by Crippen LogP contribution is 2.17. The third-order valence-electron chi connectivity index (χ3n) is 4.37. The summed E-state index contributed by atoms with van der Waals surface area (Å²) in [5.74, 6) is 0. The van der Waals surface area contributed by atoms with Gasteiger partial charge in [0.2, 0.25) is 0 Å². The molecule has 0 amide bonds. The number of piperazine rings is 1. The van der Waals surface area contributed by atoms with E-state index in [9.17, 15) is 0 Å². The van der Waals surface area contributed by atoms with Gasteiger partial charge >= 0.3 is 0 Å². The zero-order valence-corrected chi connectivity index (χ0v) is 13.5. The van der Waals surface area contributed by atoms with Crippen LogP contribution in [0.1, 0.15) is 51.4 Å². The Balaban J connectivity index is 2.06. The molecule has 114 valence electrons. The lowest BCUT2D eigenvalue weighted by Gasteiger charge is -2.40. The molecule has 1 saturated heterocycles. The highest BCUT2D eigenvalue weighted by atomic mass is 15.3. The summed E-state index contributed by atoms with van der Waals surface area (Å²) >= 11 is 0. The molecule has 4 heteroatoms. The molecule has 0 saturated carbocycles. The first kappa shape index (κ1) is 15.5. The van der Waals surface area contributed by atoms with Crippen LogP contribution in [0.15, 0.2) is 6.07 Å². The van der Waals surface area contributed by atoms with Crippen molar-refractivity contribution in [2.24, 2.45) is 0 Å². The molecule has 2 atom stereocenters. The number of hydrogen-bond donors (Lipinski definition) is 1. The van der Waals surface area contributed by atoms with Crippen molar-refractivity contribution in [1.29, 1.82) is 0 Å². The van der Waals surface area contributed by atoms with Crippen molar-refractivity contribution in [2.45, 2.75) is 72.1 Å². The molecule has 0 bridgehead atoms. The van der Waals surface area contributed by atoms with Crippen LogP contribution >= 0.6 is 0 Å². The van der Waals surface area contributed by atoms with E-state index in [2.05, 4.69) is 53.8 Å². The van der Waals surface area contributed by atoms with Crippen molar-refractivity contribution in [3.8, 4) is 0 Å². The standard InChI is InChI=1S/C16H30N4/c1-5-8-14-11-19(15(6-2)10-17-14)12-16-9-13(4)18-20(16)7-3/h9,14-15,17H,5-8,10-12H2,1-4H3. The fourth-order valence-electron chi connectivity index (χ4n) is 3.27. The van der Waals surface area contributed by atoms with Crippen LogP contribution in [0.2, 0.25) is 0 Å². The molecule has 0 spiro atoms. The van der Waals surface area contributed by atoms with Crippen LogP contribution < -0.4 is 5.32 Å². The molecule has 1 aliphatic rings. The van der Waals surface area contributed by atoms with Gasteiger partial charge in [-0.25, -0.2) is 0 Å². The van der Waals surface area contributed by atoms with Crippen molar-refractivity contribution in [3.63, 3.8) is 0 Å². The van der Waals surface area contributed by atoms with Gasteiger partial charge in [-0.05, 0) is 32.8 Å². The summed E-state index contributed by atoms with van der Waals surface area (Å²) in [5, 5.41) is 8.28. The Hall–Kier alpha value is -0.870. The van der Waals surface area contributed by atoms with Gasteiger partial charge in [-0.2, -0.15) is 5.10 Å². The number of nitrogens with one attached hydrogen (secondary N) is 1. The fourth-order valence-corrected chi connectivity index (χ4v) is 3.27. The normalized spacial score (nSPS) is 24.2. The number of nitrogens with zero attached hydrogens (tertiary/aromatic N) is 3. The van der Waals surface area contributed by atoms with E-state index in [1.54, 1.807) is 0 Å². The van der Waals surface area contributed by atoms with Crippen LogP contribution in [0.5, 0.6) is 0 Å². The predicted octanol–water partition coefficient (Wildman–Crippen LogP) is 2.56. The largest absolute Gasteiger partial charge is 0.311 e. The molecule has 1 aliphatic heterocycles. The van der Waals surface area contributed by atoms with Gasteiger partial charge in [0, 0.05) is 38.3 Å². The van der Waals surface area contributed by atoms with E-state index >= 15 is 0 Å². The van der Waals surface area contributed by atoms with Gasteiger partial charge in [-0.15, -0.1) is 0 Å². The van der Waals surface area contributed by atoms with E-state index in [4.69, 9.17) is 0 Å². The molecule has 1 aromatic heterocycles. The number of aryl methyl sites for hydroxylation is 2. The zero-order chi connectivity index (χ0) is 14.5. The average Bonchev–Trinajstić information content (AvgIpc) is 2.79. The molecular formula is C16H30N4. The highest BCUT2D eigenvalue weighted by Gasteiger charge is 2.26. The van der Waals surface area contributed by atoms with E-state index in [1.807, 2.05) is 0 Å². The lowest BCUT2D eigenvalue weighted by Crippen LogP contribution is -2.55. The van der Waals surface area contributed by atoms with Crippen LogP contribution in [0, 0.1) is 6.92 Å². The van der Waals surface area contributed by atoms with Crippen LogP contribution in [0.4, 0.5) is 0 Å². The molecule has 1 N–H and O–H groups in total. The third-order valence-corrected chi connectivity index (χ3v) is 4.37. The Labute approximate surface area is 123 Å². The summed E-state index contributed by atoms with van der Waals surface area (Å²) in [5.41, 5.74) is 2.50. The fraction of sp³-hybridized carbons (Fsp3) is 0.812. The zero-order valence-electron chi connectivity index (χ0n) is 13.5. The number of aromatic nitrogens is 2. The summed E-state index contributed by atoms with van der Waals surface area (Å²) in [6, 6.07) is 3.55. The Morgan fingerprint density at radius 3 is 2.80 bits per heavy atom. The molecular weight excluding hydrogens is 248 g/mol. The summed E-state index contributed by atoms with van der Waals surface area (Å²) < 4.78 is 2.15. The van der Waals surface area contributed by atoms with E-state index in [1.165, 1.54) is 31.5 Å². The van der Waals surface area contributed by atoms with E-state index in [0.29, 0.717) is 12.1 Å². The molecule has 1 fully saturated rings. The summed E-state index contributed by atoms with van der Waals surface area (Å²) in [6.45, 7) is 13.1. The van der Waals surface area contributed by atoms with Crippen molar-refractivity contribution < 1.29 is 0 Å². The van der Waals surface area contributed by atoms with Crippen molar-refractivity contribution in [2.75, 3.05) is 13.1 Å². The molecule has 1 aromatic rings. The van der Waals surface area contributed by atoms with Crippen LogP contribution in [0.3, 0.4) is 0 Å². The predicted molar refractivity (Wildman–Crippen MR) is 83.8 cm³/mol. The molecule has 2 rings (SSSR count). The van der Waals surface area contributed by atoms with Gasteiger partial charge in [0.15, 0.2) is 0 Å². The van der Waals surface area contributed by atoms with Crippen LogP contribution in [0.25, 0.3) is 0 Å². The first-order chi connectivity index (χ1) is 9.67. The first-order valence-electron chi connectivity index (χ1n) is 8.18. The summed E-state index contributed by atoms with van der Waals surface area (Å²) in [4.78, 5) is 2.65. The van der Waals surface area contributed by atoms with Gasteiger partial charge in [0.25, 0.3) is 0 Å². The van der Waals surface area contributed by atoms with Crippen LogP contribution in [-0.4, -0.2) is 39.9 Å². The molecule has 0 aliphatic carbocycles. The smallest absolute Gasteiger partial charge is 0.0597 e. The average molecular weight is 278 g/mol. The molecule has 2 heterocycles. The molecule has 0 radical (unpaired) electrons. The molecule has 4 nitrogen and oxygen atoms in total. The Bertz CT molecular complexity index is 413. The van der Waals surface area contributed by atoms with Gasteiger partial charge in [-0.3, -0.25) is 9.58 Å². The van der Waals surface area contributed by atoms with Crippen molar-refractivity contribution in [1.82, 2.24) is 20.0 Å². The maximum Gasteiger partial charge on any atom is 0.0597 e. The minimum absolute atomic E-state index is 0.655. The molecule has 20 heavy (non-hydrogen) atoms. The summed E-state index contributed by atoms with van der Waals surface area (Å²) in [6.07, 6.45) is 3.75. The van der Waals surface area contributed by atoms with Crippen molar-refractivity contribution >= 4 is 0 Å². The van der Waals surface area contributed by atoms with Crippen molar-refractivity contribution in [3.05, 3.63) is 17.5 Å². The lowest BCUT2D eigenvalue weighted by atomic mass is 10.0. The molecule has 2 unspecified atom stereocenters. The topological polar surface area (TPSA) is 33.1 Å². The maximum atomic E-state index is 4.58. The Morgan fingerprint density at radius 2 is 2.15 bits per heavy atom. The SMILES string of the molecule is CCCC1CN(Cc2cc(C)nn2CC)C(CC)CN1. The number of rotatable bonds is 6. The van der Waals surface area contributed by atoms with E-state index < -0.39 is 0 Å². The quantitative estimate of drug-likeness (QED) is 0.868. The third kappa shape index (κ3) is 3.61. The summed E-state index contributed by atoms with van der Waals surface area (Å²) in [7, 11) is 0.